The van der Waals surface area contributed by atoms with Gasteiger partial charge >= 0.3 is 0 Å². The van der Waals surface area contributed by atoms with Crippen molar-refractivity contribution < 1.29 is 13.2 Å². The molecule has 0 radical (unpaired) electrons. The van der Waals surface area contributed by atoms with E-state index in [2.05, 4.69) is 10.3 Å². The number of piperidine rings is 1. The van der Waals surface area contributed by atoms with Crippen LogP contribution in [0, 0.1) is 0 Å². The molecule has 1 N–H and O–H groups in total. The first kappa shape index (κ1) is 23.0. The van der Waals surface area contributed by atoms with Gasteiger partial charge in [-0.05, 0) is 48.7 Å². The average Bonchev–Trinajstić information content (AvgIpc) is 3.36. The second kappa shape index (κ2) is 10.6. The topological polar surface area (TPSA) is 79.4 Å². The number of hydrogen-bond donors (Lipinski definition) is 1. The van der Waals surface area contributed by atoms with E-state index in [1.807, 2.05) is 23.0 Å². The van der Waals surface area contributed by atoms with Crippen LogP contribution in [0.5, 0.6) is 0 Å². The number of aromatic nitrogens is 1. The summed E-state index contributed by atoms with van der Waals surface area (Å²) < 4.78 is 27.8. The molecule has 1 amide bonds. The Morgan fingerprint density at radius 2 is 1.81 bits per heavy atom. The molecule has 3 aromatic rings. The third-order valence-corrected chi connectivity index (χ3v) is 9.01. The molecule has 4 rings (SSSR count). The van der Waals surface area contributed by atoms with Gasteiger partial charge in [0.2, 0.25) is 10.0 Å². The van der Waals surface area contributed by atoms with E-state index in [0.717, 1.165) is 35.6 Å². The van der Waals surface area contributed by atoms with Gasteiger partial charge in [0.1, 0.15) is 0 Å². The molecule has 0 unspecified atom stereocenters. The molecule has 0 spiro atoms. The number of amides is 1. The van der Waals surface area contributed by atoms with Crippen LogP contribution in [0.2, 0.25) is 0 Å². The van der Waals surface area contributed by atoms with Gasteiger partial charge in [-0.25, -0.2) is 13.4 Å². The number of carbonyl (C=O) groups is 1. The molecule has 6 nitrogen and oxygen atoms in total. The summed E-state index contributed by atoms with van der Waals surface area (Å²) in [4.78, 5) is 18.3. The van der Waals surface area contributed by atoms with Crippen molar-refractivity contribution in [3.8, 4) is 0 Å². The van der Waals surface area contributed by atoms with Crippen LogP contribution in [-0.4, -0.2) is 36.7 Å². The van der Waals surface area contributed by atoms with E-state index in [-0.39, 0.29) is 17.3 Å². The predicted octanol–water partition coefficient (Wildman–Crippen LogP) is 4.54. The Kier molecular flexibility index (Phi) is 7.62. The average molecular weight is 488 g/mol. The van der Waals surface area contributed by atoms with Crippen LogP contribution in [0.3, 0.4) is 0 Å². The highest BCUT2D eigenvalue weighted by atomic mass is 32.2. The summed E-state index contributed by atoms with van der Waals surface area (Å²) in [6.45, 7) is 1.26. The normalized spacial score (nSPS) is 14.9. The number of nitrogens with zero attached hydrogens (tertiary/aromatic N) is 2. The Morgan fingerprint density at radius 3 is 2.53 bits per heavy atom. The molecule has 1 fully saturated rings. The summed E-state index contributed by atoms with van der Waals surface area (Å²) >= 11 is 3.25. The van der Waals surface area contributed by atoms with E-state index in [1.165, 1.54) is 0 Å². The molecule has 32 heavy (non-hydrogen) atoms. The van der Waals surface area contributed by atoms with Crippen molar-refractivity contribution in [1.29, 1.82) is 0 Å². The predicted molar refractivity (Wildman–Crippen MR) is 128 cm³/mol. The number of thioether (sulfide) groups is 1. The van der Waals surface area contributed by atoms with Crippen molar-refractivity contribution >= 4 is 39.0 Å². The monoisotopic (exact) mass is 487 g/mol. The van der Waals surface area contributed by atoms with Crippen LogP contribution >= 0.6 is 23.1 Å². The minimum absolute atomic E-state index is 0.155. The molecular weight excluding hydrogens is 462 g/mol. The van der Waals surface area contributed by atoms with Gasteiger partial charge in [0, 0.05) is 41.2 Å². The van der Waals surface area contributed by atoms with Crippen LogP contribution in [0.25, 0.3) is 0 Å². The highest BCUT2D eigenvalue weighted by Gasteiger charge is 2.27. The zero-order chi connectivity index (χ0) is 22.4. The Labute approximate surface area is 197 Å². The maximum Gasteiger partial charge on any atom is 0.251 e. The molecule has 2 aromatic carbocycles. The van der Waals surface area contributed by atoms with E-state index in [0.29, 0.717) is 24.2 Å². The van der Waals surface area contributed by atoms with E-state index in [9.17, 15) is 13.2 Å². The van der Waals surface area contributed by atoms with Gasteiger partial charge in [-0.1, -0.05) is 24.6 Å². The lowest BCUT2D eigenvalue weighted by Gasteiger charge is -2.26. The third-order valence-electron chi connectivity index (χ3n) is 5.33. The van der Waals surface area contributed by atoms with Crippen LogP contribution in [0.15, 0.2) is 69.2 Å². The molecule has 168 valence electrons. The summed E-state index contributed by atoms with van der Waals surface area (Å²) in [5.74, 6) is 0.559. The zero-order valence-corrected chi connectivity index (χ0v) is 20.0. The number of thiazole rings is 1. The number of carbonyl (C=O) groups excluding carboxylic acids is 1. The standard InChI is InChI=1S/C23H25N3O3S3/c27-23(18-8-10-21(11-9-18)31-16-20-15-30-17-25-20)24-14-19-6-2-3-7-22(19)32(28,29)26-12-4-1-5-13-26/h2-3,6-11,15,17H,1,4-5,12-14,16H2,(H,24,27). The lowest BCUT2D eigenvalue weighted by Crippen LogP contribution is -2.36. The SMILES string of the molecule is O=C(NCc1ccccc1S(=O)(=O)N1CCCCC1)c1ccc(SCc2cscn2)cc1. The second-order valence-electron chi connectivity index (χ2n) is 7.55. The van der Waals surface area contributed by atoms with Crippen molar-refractivity contribution in [3.63, 3.8) is 0 Å². The molecule has 1 aliphatic rings. The first-order valence-electron chi connectivity index (χ1n) is 10.5. The quantitative estimate of drug-likeness (QED) is 0.472. The fourth-order valence-electron chi connectivity index (χ4n) is 3.59. The van der Waals surface area contributed by atoms with Gasteiger partial charge in [-0.15, -0.1) is 23.1 Å². The second-order valence-corrected chi connectivity index (χ2v) is 11.2. The van der Waals surface area contributed by atoms with E-state index >= 15 is 0 Å². The molecule has 2 heterocycles. The molecule has 1 saturated heterocycles. The van der Waals surface area contributed by atoms with Gasteiger partial charge in [0.05, 0.1) is 16.1 Å². The summed E-state index contributed by atoms with van der Waals surface area (Å²) in [5.41, 5.74) is 4.00. The van der Waals surface area contributed by atoms with E-state index in [4.69, 9.17) is 0 Å². The molecule has 1 aromatic heterocycles. The van der Waals surface area contributed by atoms with Crippen molar-refractivity contribution in [1.82, 2.24) is 14.6 Å². The summed E-state index contributed by atoms with van der Waals surface area (Å²) in [6, 6.07) is 14.3. The minimum Gasteiger partial charge on any atom is -0.348 e. The first-order chi connectivity index (χ1) is 15.5. The van der Waals surface area contributed by atoms with Gasteiger partial charge in [-0.3, -0.25) is 4.79 Å². The molecule has 0 saturated carbocycles. The van der Waals surface area contributed by atoms with Crippen molar-refractivity contribution in [2.24, 2.45) is 0 Å². The smallest absolute Gasteiger partial charge is 0.251 e. The molecule has 0 bridgehead atoms. The molecular formula is C23H25N3O3S3. The van der Waals surface area contributed by atoms with Gasteiger partial charge in [0.25, 0.3) is 5.91 Å². The molecule has 0 aliphatic carbocycles. The fourth-order valence-corrected chi connectivity index (χ4v) is 6.80. The lowest BCUT2D eigenvalue weighted by atomic mass is 10.2. The van der Waals surface area contributed by atoms with Gasteiger partial charge < -0.3 is 5.32 Å². The number of benzene rings is 2. The summed E-state index contributed by atoms with van der Waals surface area (Å²) in [6.07, 6.45) is 2.83. The Bertz CT molecular complexity index is 1140. The van der Waals surface area contributed by atoms with Crippen LogP contribution < -0.4 is 5.32 Å². The maximum absolute atomic E-state index is 13.1. The molecule has 1 aliphatic heterocycles. The van der Waals surface area contributed by atoms with Crippen molar-refractivity contribution in [2.75, 3.05) is 13.1 Å². The fraction of sp³-hybridized carbons (Fsp3) is 0.304. The number of hydrogen-bond acceptors (Lipinski definition) is 6. The third kappa shape index (κ3) is 5.58. The van der Waals surface area contributed by atoms with Crippen LogP contribution in [-0.2, 0) is 22.3 Å². The molecule has 9 heteroatoms. The van der Waals surface area contributed by atoms with Crippen molar-refractivity contribution in [2.45, 2.75) is 41.4 Å². The summed E-state index contributed by atoms with van der Waals surface area (Å²) in [5, 5.41) is 4.89. The largest absolute Gasteiger partial charge is 0.348 e. The highest BCUT2D eigenvalue weighted by molar-refractivity contribution is 7.98. The Morgan fingerprint density at radius 1 is 1.06 bits per heavy atom. The van der Waals surface area contributed by atoms with Gasteiger partial charge in [0.15, 0.2) is 0 Å². The maximum atomic E-state index is 13.1. The van der Waals surface area contributed by atoms with Crippen LogP contribution in [0.4, 0.5) is 0 Å². The summed E-state index contributed by atoms with van der Waals surface area (Å²) in [7, 11) is -3.56. The minimum atomic E-state index is -3.56. The molecule has 0 atom stereocenters. The van der Waals surface area contributed by atoms with Crippen LogP contribution in [0.1, 0.15) is 40.9 Å². The van der Waals surface area contributed by atoms with Gasteiger partial charge in [-0.2, -0.15) is 4.31 Å². The Hall–Kier alpha value is -2.20. The lowest BCUT2D eigenvalue weighted by molar-refractivity contribution is 0.0950. The van der Waals surface area contributed by atoms with Crippen molar-refractivity contribution in [3.05, 3.63) is 76.2 Å². The van der Waals surface area contributed by atoms with E-state index in [1.54, 1.807) is 63.8 Å². The first-order valence-corrected chi connectivity index (χ1v) is 13.9. The highest BCUT2D eigenvalue weighted by Crippen LogP contribution is 2.25. The number of rotatable bonds is 8. The number of sulfonamides is 1. The van der Waals surface area contributed by atoms with E-state index < -0.39 is 10.0 Å². The zero-order valence-electron chi connectivity index (χ0n) is 17.6. The Balaban J connectivity index is 1.39. The number of nitrogens with one attached hydrogen (secondary N) is 1.